The van der Waals surface area contributed by atoms with E-state index in [1.807, 2.05) is 32.0 Å². The zero-order chi connectivity index (χ0) is 23.7. The maximum Gasteiger partial charge on any atom is 0.349 e. The molecule has 0 bridgehead atoms. The number of nitrogens with zero attached hydrogens (tertiary/aromatic N) is 5. The maximum absolute atomic E-state index is 12.6. The lowest BCUT2D eigenvalue weighted by atomic mass is 9.88. The number of halogens is 1. The summed E-state index contributed by atoms with van der Waals surface area (Å²) in [6, 6.07) is 7.32. The molecule has 4 rings (SSSR count). The smallest absolute Gasteiger partial charge is 0.349 e. The average molecular weight is 472 g/mol. The second-order valence-corrected chi connectivity index (χ2v) is 9.23. The van der Waals surface area contributed by atoms with Crippen molar-refractivity contribution in [3.63, 3.8) is 0 Å². The summed E-state index contributed by atoms with van der Waals surface area (Å²) in [7, 11) is 1.69. The van der Waals surface area contributed by atoms with Crippen molar-refractivity contribution in [2.45, 2.75) is 58.8 Å². The first-order valence-electron chi connectivity index (χ1n) is 11.4. The normalized spacial score (nSPS) is 20.9. The fourth-order valence-electron chi connectivity index (χ4n) is 4.36. The van der Waals surface area contributed by atoms with Crippen LogP contribution in [-0.4, -0.2) is 44.3 Å². The van der Waals surface area contributed by atoms with Gasteiger partial charge >= 0.3 is 5.69 Å². The van der Waals surface area contributed by atoms with Crippen molar-refractivity contribution in [1.82, 2.24) is 19.5 Å². The first kappa shape index (κ1) is 23.3. The number of fused-ring (bicyclic) bond motifs is 1. The monoisotopic (exact) mass is 471 g/mol. The lowest BCUT2D eigenvalue weighted by molar-refractivity contribution is 0.0908. The molecule has 0 N–H and O–H groups in total. The van der Waals surface area contributed by atoms with Crippen molar-refractivity contribution in [2.75, 3.05) is 11.4 Å². The minimum Gasteiger partial charge on any atom is -0.489 e. The molecule has 1 saturated heterocycles. The third-order valence-corrected chi connectivity index (χ3v) is 6.32. The Kier molecular flexibility index (Phi) is 6.74. The van der Waals surface area contributed by atoms with Crippen molar-refractivity contribution in [3.8, 4) is 11.6 Å². The highest BCUT2D eigenvalue weighted by atomic mass is 35.5. The van der Waals surface area contributed by atoms with Crippen LogP contribution < -0.4 is 20.1 Å². The Morgan fingerprint density at radius 1 is 1.21 bits per heavy atom. The van der Waals surface area contributed by atoms with Crippen molar-refractivity contribution in [3.05, 3.63) is 46.1 Å². The molecular weight excluding hydrogens is 442 g/mol. The molecule has 4 heterocycles. The Morgan fingerprint density at radius 3 is 2.67 bits per heavy atom. The average Bonchev–Trinajstić information content (AvgIpc) is 2.77. The summed E-state index contributed by atoms with van der Waals surface area (Å²) in [5.41, 5.74) is 1.03. The zero-order valence-electron chi connectivity index (χ0n) is 19.7. The zero-order valence-corrected chi connectivity index (χ0v) is 20.4. The third-order valence-electron chi connectivity index (χ3n) is 6.11. The van der Waals surface area contributed by atoms with Crippen LogP contribution in [0.1, 0.15) is 40.5 Å². The van der Waals surface area contributed by atoms with Gasteiger partial charge in [-0.15, -0.1) is 0 Å². The van der Waals surface area contributed by atoms with Crippen LogP contribution >= 0.6 is 11.6 Å². The summed E-state index contributed by atoms with van der Waals surface area (Å²) >= 11 is 6.19. The summed E-state index contributed by atoms with van der Waals surface area (Å²) in [5.74, 6) is 2.12. The Morgan fingerprint density at radius 2 is 2.00 bits per heavy atom. The van der Waals surface area contributed by atoms with Gasteiger partial charge in [0, 0.05) is 38.0 Å². The topological polar surface area (TPSA) is 82.4 Å². The molecule has 9 heteroatoms. The van der Waals surface area contributed by atoms with Crippen LogP contribution in [-0.2, 0) is 7.05 Å². The Hall–Kier alpha value is -2.87. The number of hydrogen-bond donors (Lipinski definition) is 0. The van der Waals surface area contributed by atoms with Crippen LogP contribution in [0.5, 0.6) is 11.6 Å². The molecule has 33 heavy (non-hydrogen) atoms. The SMILES string of the molecule is CCC1CN(c2nc(=O)n(C)c3ccc(Cl)nc23)[C@@H](C)C[C@@H]1Oc1ccc(OC(C)C)cn1. The summed E-state index contributed by atoms with van der Waals surface area (Å²) in [5, 5.41) is 0.373. The number of hydrogen-bond acceptors (Lipinski definition) is 7. The van der Waals surface area contributed by atoms with Crippen molar-refractivity contribution < 1.29 is 9.47 Å². The first-order valence-corrected chi connectivity index (χ1v) is 11.7. The van der Waals surface area contributed by atoms with E-state index in [1.54, 1.807) is 19.3 Å². The predicted molar refractivity (Wildman–Crippen MR) is 129 cm³/mol. The second kappa shape index (κ2) is 9.55. The fraction of sp³-hybridized carbons (Fsp3) is 0.500. The lowest BCUT2D eigenvalue weighted by Crippen LogP contribution is -2.51. The number of aromatic nitrogens is 4. The van der Waals surface area contributed by atoms with E-state index in [4.69, 9.17) is 21.1 Å². The molecule has 1 aliphatic rings. The van der Waals surface area contributed by atoms with E-state index >= 15 is 0 Å². The van der Waals surface area contributed by atoms with Crippen LogP contribution in [0.4, 0.5) is 5.82 Å². The Labute approximate surface area is 198 Å². The molecule has 3 aromatic rings. The summed E-state index contributed by atoms with van der Waals surface area (Å²) < 4.78 is 13.5. The number of aryl methyl sites for hydroxylation is 1. The van der Waals surface area contributed by atoms with E-state index in [0.717, 1.165) is 18.6 Å². The van der Waals surface area contributed by atoms with Gasteiger partial charge < -0.3 is 14.4 Å². The van der Waals surface area contributed by atoms with Crippen LogP contribution in [0.25, 0.3) is 11.0 Å². The van der Waals surface area contributed by atoms with Crippen molar-refractivity contribution >= 4 is 28.5 Å². The molecule has 3 aromatic heterocycles. The quantitative estimate of drug-likeness (QED) is 0.497. The van der Waals surface area contributed by atoms with Gasteiger partial charge in [-0.25, -0.2) is 14.8 Å². The minimum absolute atomic E-state index is 0.0000243. The molecule has 0 amide bonds. The molecule has 176 valence electrons. The Balaban J connectivity index is 1.59. The molecule has 0 spiro atoms. The number of piperidine rings is 1. The van der Waals surface area contributed by atoms with E-state index in [-0.39, 0.29) is 29.9 Å². The van der Waals surface area contributed by atoms with Gasteiger partial charge in [0.1, 0.15) is 22.5 Å². The fourth-order valence-corrected chi connectivity index (χ4v) is 4.50. The molecule has 3 atom stereocenters. The standard InChI is InChI=1S/C24H30ClN5O3/c1-6-16-13-30(23-22-18(8-9-20(25)27-22)29(5)24(31)28-23)15(4)11-19(16)33-21-10-7-17(12-26-21)32-14(2)3/h7-10,12,14-16,19H,6,11,13H2,1-5H3/t15-,16?,19-/m0/s1. The molecule has 0 aromatic carbocycles. The largest absolute Gasteiger partial charge is 0.489 e. The van der Waals surface area contributed by atoms with E-state index in [1.165, 1.54) is 4.57 Å². The summed E-state index contributed by atoms with van der Waals surface area (Å²) in [6.45, 7) is 8.92. The molecule has 8 nitrogen and oxygen atoms in total. The second-order valence-electron chi connectivity index (χ2n) is 8.84. The van der Waals surface area contributed by atoms with E-state index in [2.05, 4.69) is 33.7 Å². The van der Waals surface area contributed by atoms with Crippen LogP contribution in [0.2, 0.25) is 5.15 Å². The van der Waals surface area contributed by atoms with Gasteiger partial charge in [0.15, 0.2) is 5.82 Å². The highest BCUT2D eigenvalue weighted by Crippen LogP contribution is 2.33. The van der Waals surface area contributed by atoms with Gasteiger partial charge in [-0.2, -0.15) is 4.98 Å². The van der Waals surface area contributed by atoms with E-state index in [9.17, 15) is 4.79 Å². The Bertz CT molecular complexity index is 1180. The molecule has 0 radical (unpaired) electrons. The molecule has 0 aliphatic carbocycles. The number of anilines is 1. The van der Waals surface area contributed by atoms with Gasteiger partial charge in [-0.1, -0.05) is 18.5 Å². The number of pyridine rings is 2. The molecule has 0 saturated carbocycles. The van der Waals surface area contributed by atoms with Crippen molar-refractivity contribution in [1.29, 1.82) is 0 Å². The van der Waals surface area contributed by atoms with Crippen LogP contribution in [0.3, 0.4) is 0 Å². The highest BCUT2D eigenvalue weighted by molar-refractivity contribution is 6.29. The van der Waals surface area contributed by atoms with Gasteiger partial charge in [0.2, 0.25) is 5.88 Å². The van der Waals surface area contributed by atoms with Gasteiger partial charge in [0.05, 0.1) is 17.8 Å². The maximum atomic E-state index is 12.6. The lowest BCUT2D eigenvalue weighted by Gasteiger charge is -2.43. The van der Waals surface area contributed by atoms with E-state index in [0.29, 0.717) is 34.4 Å². The molecule has 1 unspecified atom stereocenters. The summed E-state index contributed by atoms with van der Waals surface area (Å²) in [6.07, 6.45) is 3.47. The number of rotatable bonds is 6. The molecule has 1 fully saturated rings. The van der Waals surface area contributed by atoms with Gasteiger partial charge in [-0.05, 0) is 45.4 Å². The molecular formula is C24H30ClN5O3. The van der Waals surface area contributed by atoms with Gasteiger partial charge in [0.25, 0.3) is 0 Å². The van der Waals surface area contributed by atoms with Crippen molar-refractivity contribution in [2.24, 2.45) is 13.0 Å². The molecule has 1 aliphatic heterocycles. The first-order chi connectivity index (χ1) is 15.8. The number of ether oxygens (including phenoxy) is 2. The minimum atomic E-state index is -0.312. The highest BCUT2D eigenvalue weighted by Gasteiger charge is 2.36. The summed E-state index contributed by atoms with van der Waals surface area (Å²) in [4.78, 5) is 28.0. The van der Waals surface area contributed by atoms with Gasteiger partial charge in [-0.3, -0.25) is 4.57 Å². The van der Waals surface area contributed by atoms with E-state index < -0.39 is 0 Å². The van der Waals surface area contributed by atoms with Crippen LogP contribution in [0.15, 0.2) is 35.3 Å². The van der Waals surface area contributed by atoms with Crippen LogP contribution in [0, 0.1) is 5.92 Å². The third kappa shape index (κ3) is 4.90. The predicted octanol–water partition coefficient (Wildman–Crippen LogP) is 4.24.